The van der Waals surface area contributed by atoms with Crippen molar-refractivity contribution in [3.05, 3.63) is 54.5 Å². The van der Waals surface area contributed by atoms with Crippen molar-refractivity contribution >= 4 is 56.7 Å². The third-order valence-corrected chi connectivity index (χ3v) is 6.46. The predicted octanol–water partition coefficient (Wildman–Crippen LogP) is 5.35. The summed E-state index contributed by atoms with van der Waals surface area (Å²) in [6.07, 6.45) is 2.01. The third kappa shape index (κ3) is 2.96. The largest absolute Gasteiger partial charge is 0.320 e. The quantitative estimate of drug-likeness (QED) is 0.761. The molecule has 1 aromatic heterocycles. The molecule has 1 aliphatic heterocycles. The van der Waals surface area contributed by atoms with Crippen molar-refractivity contribution in [2.75, 3.05) is 5.32 Å². The van der Waals surface area contributed by atoms with Gasteiger partial charge in [-0.2, -0.15) is 0 Å². The molecule has 0 unspecified atom stereocenters. The Kier molecular flexibility index (Phi) is 4.24. The molecule has 0 fully saturated rings. The number of hydrogen-bond acceptors (Lipinski definition) is 3. The second-order valence-corrected chi connectivity index (χ2v) is 7.99. The van der Waals surface area contributed by atoms with Gasteiger partial charge in [0.05, 0.1) is 10.6 Å². The van der Waals surface area contributed by atoms with E-state index in [-0.39, 0.29) is 5.91 Å². The van der Waals surface area contributed by atoms with E-state index in [1.165, 1.54) is 20.9 Å². The van der Waals surface area contributed by atoms with Crippen LogP contribution in [-0.2, 0) is 10.5 Å². The molecule has 0 aliphatic carbocycles. The number of benzene rings is 1. The van der Waals surface area contributed by atoms with Gasteiger partial charge in [0.15, 0.2) is 0 Å². The first-order valence-electron chi connectivity index (χ1n) is 6.55. The first-order chi connectivity index (χ1) is 10.1. The van der Waals surface area contributed by atoms with Crippen molar-refractivity contribution in [3.8, 4) is 0 Å². The first kappa shape index (κ1) is 14.9. The number of thioether (sulfide) groups is 1. The third-order valence-electron chi connectivity index (χ3n) is 3.52. The summed E-state index contributed by atoms with van der Waals surface area (Å²) in [5, 5.41) is 2.96. The van der Waals surface area contributed by atoms with Crippen LogP contribution >= 0.6 is 39.0 Å². The van der Waals surface area contributed by atoms with Gasteiger partial charge < -0.3 is 5.32 Å². The fourth-order valence-electron chi connectivity index (χ4n) is 2.18. The van der Waals surface area contributed by atoms with Crippen molar-refractivity contribution in [1.29, 1.82) is 0 Å². The highest BCUT2D eigenvalue weighted by molar-refractivity contribution is 9.10. The molecule has 3 rings (SSSR count). The molecule has 1 amide bonds. The molecule has 5 heteroatoms. The average Bonchev–Trinajstić information content (AvgIpc) is 2.76. The van der Waals surface area contributed by atoms with Gasteiger partial charge in [-0.1, -0.05) is 12.1 Å². The highest BCUT2D eigenvalue weighted by Gasteiger charge is 2.21. The molecular formula is C16H14BrNOS2. The van der Waals surface area contributed by atoms with Gasteiger partial charge in [-0.3, -0.25) is 4.79 Å². The zero-order chi connectivity index (χ0) is 15.0. The second-order valence-electron chi connectivity index (χ2n) is 4.86. The van der Waals surface area contributed by atoms with Crippen LogP contribution in [0.4, 0.5) is 5.69 Å². The summed E-state index contributed by atoms with van der Waals surface area (Å²) in [7, 11) is 0. The van der Waals surface area contributed by atoms with Gasteiger partial charge in [-0.25, -0.2) is 0 Å². The molecule has 0 spiro atoms. The van der Waals surface area contributed by atoms with Crippen molar-refractivity contribution in [2.45, 2.75) is 19.6 Å². The number of para-hydroxylation sites is 1. The molecule has 0 atom stereocenters. The number of anilines is 1. The summed E-state index contributed by atoms with van der Waals surface area (Å²) in [4.78, 5) is 15.7. The first-order valence-corrected chi connectivity index (χ1v) is 9.15. The average molecular weight is 380 g/mol. The van der Waals surface area contributed by atoms with Crippen LogP contribution in [0.2, 0.25) is 0 Å². The summed E-state index contributed by atoms with van der Waals surface area (Å²) in [6, 6.07) is 7.65. The van der Waals surface area contributed by atoms with E-state index in [0.717, 1.165) is 20.8 Å². The Morgan fingerprint density at radius 2 is 2.05 bits per heavy atom. The number of aryl methyl sites for hydroxylation is 1. The minimum absolute atomic E-state index is 0.0405. The van der Waals surface area contributed by atoms with E-state index in [4.69, 9.17) is 0 Å². The topological polar surface area (TPSA) is 29.1 Å². The molecule has 2 heterocycles. The molecule has 0 saturated heterocycles. The van der Waals surface area contributed by atoms with Gasteiger partial charge in [0.2, 0.25) is 0 Å². The number of carbonyl (C=O) groups excluding carboxylic acids is 1. The van der Waals surface area contributed by atoms with Crippen LogP contribution in [0, 0.1) is 13.8 Å². The molecule has 108 valence electrons. The Hall–Kier alpha value is -1.04. The lowest BCUT2D eigenvalue weighted by atomic mass is 10.1. The van der Waals surface area contributed by atoms with E-state index >= 15 is 0 Å². The Labute approximate surface area is 140 Å². The summed E-state index contributed by atoms with van der Waals surface area (Å²) in [5.41, 5.74) is 3.54. The summed E-state index contributed by atoms with van der Waals surface area (Å²) in [5.74, 6) is 0.835. The molecule has 2 nitrogen and oxygen atoms in total. The fraction of sp³-hybridized carbons (Fsp3) is 0.188. The van der Waals surface area contributed by atoms with Gasteiger partial charge in [0, 0.05) is 20.0 Å². The summed E-state index contributed by atoms with van der Waals surface area (Å²) in [6.45, 7) is 4.29. The van der Waals surface area contributed by atoms with Crippen LogP contribution in [0.5, 0.6) is 0 Å². The van der Waals surface area contributed by atoms with E-state index in [2.05, 4.69) is 35.1 Å². The molecule has 0 radical (unpaired) electrons. The van der Waals surface area contributed by atoms with Crippen LogP contribution in [0.15, 0.2) is 33.6 Å². The van der Waals surface area contributed by atoms with E-state index in [0.29, 0.717) is 0 Å². The van der Waals surface area contributed by atoms with Gasteiger partial charge in [0.25, 0.3) is 5.91 Å². The fourth-order valence-corrected chi connectivity index (χ4v) is 4.92. The van der Waals surface area contributed by atoms with E-state index in [9.17, 15) is 4.79 Å². The van der Waals surface area contributed by atoms with Crippen molar-refractivity contribution in [2.24, 2.45) is 0 Å². The minimum Gasteiger partial charge on any atom is -0.320 e. The smallest absolute Gasteiger partial charge is 0.262 e. The normalized spacial score (nSPS) is 13.6. The van der Waals surface area contributed by atoms with Gasteiger partial charge in [-0.15, -0.1) is 23.1 Å². The second kappa shape index (κ2) is 5.99. The maximum Gasteiger partial charge on any atom is 0.262 e. The molecule has 0 saturated carbocycles. The van der Waals surface area contributed by atoms with E-state index < -0.39 is 0 Å². The number of amides is 1. The zero-order valence-corrected chi connectivity index (χ0v) is 14.9. The van der Waals surface area contributed by atoms with E-state index in [1.54, 1.807) is 23.1 Å². The molecule has 1 N–H and O–H groups in total. The maximum absolute atomic E-state index is 12.4. The number of hydrogen-bond donors (Lipinski definition) is 1. The standard InChI is InChI=1S/C16H14BrNOS2/c1-9-10(2)21-14-7-15(20-8-11(9)14)16(19)18-13-6-4-3-5-12(13)17/h3-7H,8H2,1-2H3,(H,18,19). The van der Waals surface area contributed by atoms with Crippen LogP contribution in [0.1, 0.15) is 20.9 Å². The van der Waals surface area contributed by atoms with Crippen LogP contribution in [0.25, 0.3) is 6.08 Å². The highest BCUT2D eigenvalue weighted by atomic mass is 79.9. The van der Waals surface area contributed by atoms with Gasteiger partial charge in [-0.05, 0) is 59.1 Å². The monoisotopic (exact) mass is 379 g/mol. The Morgan fingerprint density at radius 1 is 1.29 bits per heavy atom. The van der Waals surface area contributed by atoms with Crippen molar-refractivity contribution in [1.82, 2.24) is 0 Å². The summed E-state index contributed by atoms with van der Waals surface area (Å²) >= 11 is 6.82. The molecule has 1 aliphatic rings. The summed E-state index contributed by atoms with van der Waals surface area (Å²) < 4.78 is 0.892. The van der Waals surface area contributed by atoms with Crippen LogP contribution in [-0.4, -0.2) is 5.91 Å². The number of carbonyl (C=O) groups is 1. The predicted molar refractivity (Wildman–Crippen MR) is 95.8 cm³/mol. The number of thiophene rings is 1. The zero-order valence-electron chi connectivity index (χ0n) is 11.7. The van der Waals surface area contributed by atoms with Crippen molar-refractivity contribution < 1.29 is 4.79 Å². The number of nitrogens with one attached hydrogen (secondary N) is 1. The van der Waals surface area contributed by atoms with Gasteiger partial charge in [0.1, 0.15) is 0 Å². The molecule has 21 heavy (non-hydrogen) atoms. The number of halogens is 1. The lowest BCUT2D eigenvalue weighted by molar-refractivity contribution is -0.112. The maximum atomic E-state index is 12.4. The Morgan fingerprint density at radius 3 is 2.81 bits per heavy atom. The van der Waals surface area contributed by atoms with E-state index in [1.807, 2.05) is 30.3 Å². The van der Waals surface area contributed by atoms with Crippen molar-refractivity contribution in [3.63, 3.8) is 0 Å². The lowest BCUT2D eigenvalue weighted by Gasteiger charge is -2.14. The lowest BCUT2D eigenvalue weighted by Crippen LogP contribution is -2.14. The SMILES string of the molecule is Cc1sc2c(c1C)CSC(C(=O)Nc1ccccc1Br)=C2. The number of rotatable bonds is 2. The molecule has 2 aromatic rings. The highest BCUT2D eigenvalue weighted by Crippen LogP contribution is 2.39. The van der Waals surface area contributed by atoms with Gasteiger partial charge >= 0.3 is 0 Å². The van der Waals surface area contributed by atoms with Crippen LogP contribution in [0.3, 0.4) is 0 Å². The number of fused-ring (bicyclic) bond motifs is 1. The molecule has 1 aromatic carbocycles. The molecular weight excluding hydrogens is 366 g/mol. The molecule has 0 bridgehead atoms. The minimum atomic E-state index is -0.0405. The Balaban J connectivity index is 1.85. The Bertz CT molecular complexity index is 749. The van der Waals surface area contributed by atoms with Crippen LogP contribution < -0.4 is 5.32 Å².